The maximum absolute atomic E-state index is 12.1. The lowest BCUT2D eigenvalue weighted by Gasteiger charge is -2.25. The second-order valence-corrected chi connectivity index (χ2v) is 7.07. The SMILES string of the molecule is CC(=O)C(CC(C)(C)CC(=O)Oc1cnc(C2CC2)nc1)C(=O)O. The summed E-state index contributed by atoms with van der Waals surface area (Å²) in [5.74, 6) is -1.76. The highest BCUT2D eigenvalue weighted by Gasteiger charge is 2.33. The van der Waals surface area contributed by atoms with E-state index in [1.807, 2.05) is 0 Å². The molecule has 1 aliphatic carbocycles. The third-order valence-corrected chi connectivity index (χ3v) is 3.99. The first kappa shape index (κ1) is 18.0. The van der Waals surface area contributed by atoms with E-state index in [-0.39, 0.29) is 18.6 Å². The molecular weight excluding hydrogens is 312 g/mol. The van der Waals surface area contributed by atoms with Gasteiger partial charge in [0.1, 0.15) is 17.5 Å². The van der Waals surface area contributed by atoms with Crippen molar-refractivity contribution in [3.63, 3.8) is 0 Å². The Morgan fingerprint density at radius 1 is 1.29 bits per heavy atom. The van der Waals surface area contributed by atoms with Gasteiger partial charge < -0.3 is 9.84 Å². The summed E-state index contributed by atoms with van der Waals surface area (Å²) in [5.41, 5.74) is -0.680. The Hall–Kier alpha value is -2.31. The molecule has 0 aliphatic heterocycles. The van der Waals surface area contributed by atoms with Crippen LogP contribution in [0.25, 0.3) is 0 Å². The molecule has 0 aromatic carbocycles. The molecule has 1 aromatic rings. The van der Waals surface area contributed by atoms with Crippen LogP contribution in [-0.4, -0.2) is 32.8 Å². The number of aromatic nitrogens is 2. The van der Waals surface area contributed by atoms with Crippen molar-refractivity contribution < 1.29 is 24.2 Å². The molecular formula is C17H22N2O5. The van der Waals surface area contributed by atoms with Crippen molar-refractivity contribution in [3.8, 4) is 5.75 Å². The van der Waals surface area contributed by atoms with Gasteiger partial charge in [0.05, 0.1) is 18.8 Å². The van der Waals surface area contributed by atoms with E-state index in [1.54, 1.807) is 13.8 Å². The third-order valence-electron chi connectivity index (χ3n) is 3.99. The summed E-state index contributed by atoms with van der Waals surface area (Å²) in [6.07, 6.45) is 5.20. The number of rotatable bonds is 8. The lowest BCUT2D eigenvalue weighted by Crippen LogP contribution is -2.30. The van der Waals surface area contributed by atoms with Crippen LogP contribution in [0.3, 0.4) is 0 Å². The van der Waals surface area contributed by atoms with Crippen LogP contribution in [-0.2, 0) is 14.4 Å². The topological polar surface area (TPSA) is 106 Å². The van der Waals surface area contributed by atoms with Gasteiger partial charge in [-0.1, -0.05) is 13.8 Å². The molecule has 0 saturated heterocycles. The number of carbonyl (C=O) groups is 3. The number of ketones is 1. The summed E-state index contributed by atoms with van der Waals surface area (Å²) in [4.78, 5) is 43.0. The summed E-state index contributed by atoms with van der Waals surface area (Å²) in [5, 5.41) is 9.10. The largest absolute Gasteiger partial charge is 0.481 e. The zero-order valence-corrected chi connectivity index (χ0v) is 14.1. The van der Waals surface area contributed by atoms with Gasteiger partial charge in [-0.3, -0.25) is 14.4 Å². The molecule has 7 nitrogen and oxygen atoms in total. The minimum Gasteiger partial charge on any atom is -0.481 e. The smallest absolute Gasteiger partial charge is 0.314 e. The van der Waals surface area contributed by atoms with E-state index in [0.29, 0.717) is 5.92 Å². The number of Topliss-reactive ketones (excluding diaryl/α,β-unsaturated/α-hetero) is 1. The number of ether oxygens (including phenoxy) is 1. The first-order valence-corrected chi connectivity index (χ1v) is 7.94. The van der Waals surface area contributed by atoms with Gasteiger partial charge in [0.15, 0.2) is 5.75 Å². The number of esters is 1. The quantitative estimate of drug-likeness (QED) is 0.574. The van der Waals surface area contributed by atoms with E-state index in [9.17, 15) is 14.4 Å². The first-order chi connectivity index (χ1) is 11.2. The number of hydrogen-bond acceptors (Lipinski definition) is 6. The number of carboxylic acid groups (broad SMARTS) is 1. The molecule has 1 saturated carbocycles. The maximum Gasteiger partial charge on any atom is 0.314 e. The molecule has 0 radical (unpaired) electrons. The van der Waals surface area contributed by atoms with Gasteiger partial charge in [-0.2, -0.15) is 0 Å². The lowest BCUT2D eigenvalue weighted by atomic mass is 9.79. The van der Waals surface area contributed by atoms with Crippen molar-refractivity contribution in [1.82, 2.24) is 9.97 Å². The third kappa shape index (κ3) is 5.11. The monoisotopic (exact) mass is 334 g/mol. The van der Waals surface area contributed by atoms with E-state index < -0.39 is 29.1 Å². The van der Waals surface area contributed by atoms with Gasteiger partial charge in [-0.15, -0.1) is 0 Å². The fraction of sp³-hybridized carbons (Fsp3) is 0.588. The molecule has 24 heavy (non-hydrogen) atoms. The summed E-state index contributed by atoms with van der Waals surface area (Å²) in [6, 6.07) is 0. The second kappa shape index (κ2) is 7.07. The van der Waals surface area contributed by atoms with Crippen LogP contribution >= 0.6 is 0 Å². The van der Waals surface area contributed by atoms with E-state index in [4.69, 9.17) is 9.84 Å². The normalized spacial score (nSPS) is 15.6. The highest BCUT2D eigenvalue weighted by Crippen LogP contribution is 2.38. The van der Waals surface area contributed by atoms with Crippen LogP contribution in [0.15, 0.2) is 12.4 Å². The molecule has 1 fully saturated rings. The molecule has 1 aliphatic rings. The van der Waals surface area contributed by atoms with Gasteiger partial charge in [-0.05, 0) is 31.6 Å². The van der Waals surface area contributed by atoms with Crippen LogP contribution in [0.2, 0.25) is 0 Å². The van der Waals surface area contributed by atoms with Gasteiger partial charge >= 0.3 is 11.9 Å². The number of carboxylic acids is 1. The van der Waals surface area contributed by atoms with Gasteiger partial charge in [0.25, 0.3) is 0 Å². The zero-order valence-electron chi connectivity index (χ0n) is 14.1. The van der Waals surface area contributed by atoms with E-state index >= 15 is 0 Å². The predicted octanol–water partition coefficient (Wildman–Crippen LogP) is 2.36. The van der Waals surface area contributed by atoms with Crippen molar-refractivity contribution in [2.45, 2.75) is 52.4 Å². The lowest BCUT2D eigenvalue weighted by molar-refractivity contribution is -0.148. The Kier molecular flexibility index (Phi) is 5.31. The van der Waals surface area contributed by atoms with Crippen molar-refractivity contribution in [3.05, 3.63) is 18.2 Å². The minimum absolute atomic E-state index is 0.00552. The molecule has 1 atom stereocenters. The molecule has 7 heteroatoms. The molecule has 0 spiro atoms. The first-order valence-electron chi connectivity index (χ1n) is 7.94. The Morgan fingerprint density at radius 2 is 1.88 bits per heavy atom. The predicted molar refractivity (Wildman–Crippen MR) is 84.5 cm³/mol. The number of nitrogens with zero attached hydrogens (tertiary/aromatic N) is 2. The molecule has 0 bridgehead atoms. The molecule has 0 amide bonds. The van der Waals surface area contributed by atoms with Crippen molar-refractivity contribution in [2.75, 3.05) is 0 Å². The van der Waals surface area contributed by atoms with E-state index in [0.717, 1.165) is 18.7 Å². The molecule has 2 rings (SSSR count). The fourth-order valence-electron chi connectivity index (χ4n) is 2.52. The van der Waals surface area contributed by atoms with E-state index in [1.165, 1.54) is 19.3 Å². The van der Waals surface area contributed by atoms with Gasteiger partial charge in [0.2, 0.25) is 0 Å². The summed E-state index contributed by atoms with van der Waals surface area (Å²) in [7, 11) is 0. The zero-order chi connectivity index (χ0) is 17.9. The van der Waals surface area contributed by atoms with Crippen LogP contribution < -0.4 is 4.74 Å². The Morgan fingerprint density at radius 3 is 2.33 bits per heavy atom. The Labute approximate surface area is 140 Å². The number of aliphatic carboxylic acids is 1. The fourth-order valence-corrected chi connectivity index (χ4v) is 2.52. The van der Waals surface area contributed by atoms with Crippen molar-refractivity contribution in [1.29, 1.82) is 0 Å². The standard InChI is InChI=1S/C17H22N2O5/c1-10(20)13(16(22)23)6-17(2,3)7-14(21)24-12-8-18-15(19-9-12)11-4-5-11/h8-9,11,13H,4-7H2,1-3H3,(H,22,23). The van der Waals surface area contributed by atoms with Crippen LogP contribution in [0, 0.1) is 11.3 Å². The molecule has 1 unspecified atom stereocenters. The Balaban J connectivity index is 1.91. The minimum atomic E-state index is -1.17. The summed E-state index contributed by atoms with van der Waals surface area (Å²) < 4.78 is 5.21. The molecule has 1 heterocycles. The number of hydrogen-bond donors (Lipinski definition) is 1. The van der Waals surface area contributed by atoms with E-state index in [2.05, 4.69) is 9.97 Å². The average Bonchev–Trinajstić information content (AvgIpc) is 3.29. The highest BCUT2D eigenvalue weighted by molar-refractivity contribution is 5.96. The molecule has 1 aromatic heterocycles. The number of carbonyl (C=O) groups excluding carboxylic acids is 2. The van der Waals surface area contributed by atoms with Crippen LogP contribution in [0.1, 0.15) is 58.2 Å². The summed E-state index contributed by atoms with van der Waals surface area (Å²) in [6.45, 7) is 4.71. The maximum atomic E-state index is 12.1. The summed E-state index contributed by atoms with van der Waals surface area (Å²) >= 11 is 0. The Bertz CT molecular complexity index is 621. The van der Waals surface area contributed by atoms with Crippen molar-refractivity contribution in [2.24, 2.45) is 11.3 Å². The second-order valence-electron chi connectivity index (χ2n) is 7.07. The van der Waals surface area contributed by atoms with Gasteiger partial charge in [0, 0.05) is 5.92 Å². The highest BCUT2D eigenvalue weighted by atomic mass is 16.5. The van der Waals surface area contributed by atoms with Crippen molar-refractivity contribution >= 4 is 17.7 Å². The van der Waals surface area contributed by atoms with Crippen LogP contribution in [0.4, 0.5) is 0 Å². The van der Waals surface area contributed by atoms with Crippen LogP contribution in [0.5, 0.6) is 5.75 Å². The molecule has 130 valence electrons. The molecule has 1 N–H and O–H groups in total. The average molecular weight is 334 g/mol. The van der Waals surface area contributed by atoms with Gasteiger partial charge in [-0.25, -0.2) is 9.97 Å².